The number of rotatable bonds is 5. The van der Waals surface area contributed by atoms with E-state index in [-0.39, 0.29) is 11.7 Å². The molecule has 3 rings (SSSR count). The fourth-order valence-corrected chi connectivity index (χ4v) is 3.02. The second-order valence-electron chi connectivity index (χ2n) is 6.44. The van der Waals surface area contributed by atoms with Gasteiger partial charge in [-0.05, 0) is 30.7 Å². The van der Waals surface area contributed by atoms with Crippen LogP contribution in [0.2, 0.25) is 0 Å². The van der Waals surface area contributed by atoms with Crippen molar-refractivity contribution in [2.75, 3.05) is 32.7 Å². The van der Waals surface area contributed by atoms with Crippen LogP contribution in [0.3, 0.4) is 0 Å². The summed E-state index contributed by atoms with van der Waals surface area (Å²) in [4.78, 5) is 16.4. The molecule has 25 heavy (non-hydrogen) atoms. The average Bonchev–Trinajstić information content (AvgIpc) is 3.10. The van der Waals surface area contributed by atoms with Crippen LogP contribution in [0, 0.1) is 12.7 Å². The lowest BCUT2D eigenvalue weighted by Gasteiger charge is -2.35. The first-order valence-corrected chi connectivity index (χ1v) is 8.46. The lowest BCUT2D eigenvalue weighted by atomic mass is 10.1. The van der Waals surface area contributed by atoms with Gasteiger partial charge in [0.05, 0.1) is 12.6 Å². The summed E-state index contributed by atoms with van der Waals surface area (Å²) in [5, 5.41) is 14.2. The predicted molar refractivity (Wildman–Crippen MR) is 91.7 cm³/mol. The largest absolute Gasteiger partial charge is 0.390 e. The van der Waals surface area contributed by atoms with E-state index < -0.39 is 6.10 Å². The van der Waals surface area contributed by atoms with Crippen molar-refractivity contribution in [1.82, 2.24) is 19.6 Å². The van der Waals surface area contributed by atoms with E-state index in [4.69, 9.17) is 0 Å². The molecule has 2 heterocycles. The maximum absolute atomic E-state index is 13.7. The summed E-state index contributed by atoms with van der Waals surface area (Å²) in [6.07, 6.45) is 3.00. The number of aryl methyl sites for hydroxylation is 1. The van der Waals surface area contributed by atoms with E-state index in [1.165, 1.54) is 6.07 Å². The van der Waals surface area contributed by atoms with Crippen molar-refractivity contribution in [3.8, 4) is 0 Å². The Balaban J connectivity index is 1.49. The Kier molecular flexibility index (Phi) is 5.45. The van der Waals surface area contributed by atoms with Crippen LogP contribution in [0.5, 0.6) is 0 Å². The Bertz CT molecular complexity index is 712. The molecular weight excluding hydrogens is 323 g/mol. The van der Waals surface area contributed by atoms with E-state index in [1.807, 2.05) is 12.3 Å². The number of aliphatic hydroxyl groups is 1. The fourth-order valence-electron chi connectivity index (χ4n) is 3.02. The molecule has 1 N–H and O–H groups in total. The number of amides is 1. The van der Waals surface area contributed by atoms with Crippen LogP contribution in [-0.2, 0) is 6.54 Å². The average molecular weight is 346 g/mol. The van der Waals surface area contributed by atoms with E-state index in [9.17, 15) is 14.3 Å². The highest BCUT2D eigenvalue weighted by molar-refractivity contribution is 5.94. The number of β-amino-alcohol motifs (C(OH)–C–C–N with tert-alkyl or cyclic N) is 1. The van der Waals surface area contributed by atoms with Gasteiger partial charge in [0.2, 0.25) is 0 Å². The zero-order valence-corrected chi connectivity index (χ0v) is 14.3. The van der Waals surface area contributed by atoms with Gasteiger partial charge in [-0.25, -0.2) is 4.39 Å². The normalized spacial score (nSPS) is 16.8. The topological polar surface area (TPSA) is 61.6 Å². The molecule has 1 fully saturated rings. The van der Waals surface area contributed by atoms with Crippen molar-refractivity contribution in [3.63, 3.8) is 0 Å². The SMILES string of the molecule is Cc1ccc(C(=O)N2CCN(CC(O)Cn3cccn3)CC2)cc1F. The monoisotopic (exact) mass is 346 g/mol. The molecule has 1 aliphatic rings. The van der Waals surface area contributed by atoms with Gasteiger partial charge in [-0.3, -0.25) is 14.4 Å². The number of benzene rings is 1. The highest BCUT2D eigenvalue weighted by atomic mass is 19.1. The van der Waals surface area contributed by atoms with Gasteiger partial charge in [0.1, 0.15) is 5.82 Å². The third-order valence-corrected chi connectivity index (χ3v) is 4.50. The van der Waals surface area contributed by atoms with Gasteiger partial charge in [-0.1, -0.05) is 6.07 Å². The number of aliphatic hydroxyl groups excluding tert-OH is 1. The minimum absolute atomic E-state index is 0.143. The van der Waals surface area contributed by atoms with Gasteiger partial charge < -0.3 is 10.0 Å². The Morgan fingerprint density at radius 1 is 1.28 bits per heavy atom. The van der Waals surface area contributed by atoms with Crippen LogP contribution in [0.15, 0.2) is 36.7 Å². The van der Waals surface area contributed by atoms with Crippen LogP contribution >= 0.6 is 0 Å². The molecule has 2 aromatic rings. The molecule has 1 amide bonds. The first-order valence-electron chi connectivity index (χ1n) is 8.46. The summed E-state index contributed by atoms with van der Waals surface area (Å²) < 4.78 is 15.4. The molecular formula is C18H23FN4O2. The van der Waals surface area contributed by atoms with E-state index >= 15 is 0 Å². The summed E-state index contributed by atoms with van der Waals surface area (Å²) in [5.41, 5.74) is 0.919. The zero-order chi connectivity index (χ0) is 17.8. The highest BCUT2D eigenvalue weighted by Crippen LogP contribution is 2.13. The van der Waals surface area contributed by atoms with Gasteiger partial charge in [-0.15, -0.1) is 0 Å². The van der Waals surface area contributed by atoms with Gasteiger partial charge in [0.15, 0.2) is 0 Å². The quantitative estimate of drug-likeness (QED) is 0.882. The van der Waals surface area contributed by atoms with Crippen LogP contribution in [-0.4, -0.2) is 69.4 Å². The summed E-state index contributed by atoms with van der Waals surface area (Å²) >= 11 is 0. The lowest BCUT2D eigenvalue weighted by molar-refractivity contribution is 0.0491. The van der Waals surface area contributed by atoms with Crippen molar-refractivity contribution in [1.29, 1.82) is 0 Å². The van der Waals surface area contributed by atoms with Crippen LogP contribution in [0.4, 0.5) is 4.39 Å². The molecule has 1 unspecified atom stereocenters. The predicted octanol–water partition coefficient (Wildman–Crippen LogP) is 1.15. The second kappa shape index (κ2) is 7.76. The van der Waals surface area contributed by atoms with Gasteiger partial charge in [0.25, 0.3) is 5.91 Å². The molecule has 0 aliphatic carbocycles. The van der Waals surface area contributed by atoms with Crippen molar-refractivity contribution in [2.45, 2.75) is 19.6 Å². The molecule has 1 aromatic carbocycles. The van der Waals surface area contributed by atoms with Crippen molar-refractivity contribution in [3.05, 3.63) is 53.6 Å². The van der Waals surface area contributed by atoms with Gasteiger partial charge in [-0.2, -0.15) is 5.10 Å². The maximum atomic E-state index is 13.7. The molecule has 0 radical (unpaired) electrons. The fraction of sp³-hybridized carbons (Fsp3) is 0.444. The van der Waals surface area contributed by atoms with E-state index in [1.54, 1.807) is 34.8 Å². The number of carbonyl (C=O) groups is 1. The Hall–Kier alpha value is -2.25. The molecule has 134 valence electrons. The lowest BCUT2D eigenvalue weighted by Crippen LogP contribution is -2.50. The maximum Gasteiger partial charge on any atom is 0.254 e. The molecule has 1 aliphatic heterocycles. The van der Waals surface area contributed by atoms with Crippen molar-refractivity contribution >= 4 is 5.91 Å². The molecule has 1 atom stereocenters. The second-order valence-corrected chi connectivity index (χ2v) is 6.44. The van der Waals surface area contributed by atoms with Gasteiger partial charge in [0, 0.05) is 50.7 Å². The first-order chi connectivity index (χ1) is 12.0. The Morgan fingerprint density at radius 2 is 2.04 bits per heavy atom. The number of halogens is 1. The number of hydrogen-bond donors (Lipinski definition) is 1. The van der Waals surface area contributed by atoms with Crippen LogP contribution in [0.1, 0.15) is 15.9 Å². The van der Waals surface area contributed by atoms with Crippen LogP contribution < -0.4 is 0 Å². The summed E-state index contributed by atoms with van der Waals surface area (Å²) in [7, 11) is 0. The summed E-state index contributed by atoms with van der Waals surface area (Å²) in [6.45, 7) is 5.20. The third-order valence-electron chi connectivity index (χ3n) is 4.50. The smallest absolute Gasteiger partial charge is 0.254 e. The van der Waals surface area contributed by atoms with Crippen LogP contribution in [0.25, 0.3) is 0 Å². The third kappa shape index (κ3) is 4.43. The molecule has 1 saturated heterocycles. The highest BCUT2D eigenvalue weighted by Gasteiger charge is 2.23. The molecule has 7 heteroatoms. The van der Waals surface area contributed by atoms with Crippen molar-refractivity contribution in [2.24, 2.45) is 0 Å². The molecule has 0 bridgehead atoms. The number of aromatic nitrogens is 2. The van der Waals surface area contributed by atoms with E-state index in [0.29, 0.717) is 50.4 Å². The zero-order valence-electron chi connectivity index (χ0n) is 14.3. The molecule has 6 nitrogen and oxygen atoms in total. The number of piperazine rings is 1. The van der Waals surface area contributed by atoms with Gasteiger partial charge >= 0.3 is 0 Å². The molecule has 0 spiro atoms. The molecule has 1 aromatic heterocycles. The number of nitrogens with zero attached hydrogens (tertiary/aromatic N) is 4. The summed E-state index contributed by atoms with van der Waals surface area (Å²) in [5.74, 6) is -0.498. The molecule has 0 saturated carbocycles. The Morgan fingerprint density at radius 3 is 2.68 bits per heavy atom. The van der Waals surface area contributed by atoms with E-state index in [0.717, 1.165) is 0 Å². The first kappa shape index (κ1) is 17.6. The summed E-state index contributed by atoms with van der Waals surface area (Å²) in [6, 6.07) is 6.42. The Labute approximate surface area is 146 Å². The minimum Gasteiger partial charge on any atom is -0.390 e. The minimum atomic E-state index is -0.506. The number of carbonyl (C=O) groups excluding carboxylic acids is 1. The van der Waals surface area contributed by atoms with Crippen molar-refractivity contribution < 1.29 is 14.3 Å². The number of hydrogen-bond acceptors (Lipinski definition) is 4. The standard InChI is InChI=1S/C18H23FN4O2/c1-14-3-4-15(11-17(14)19)18(25)22-9-7-21(8-10-22)12-16(24)13-23-6-2-5-20-23/h2-6,11,16,24H,7-10,12-13H2,1H3. The van der Waals surface area contributed by atoms with E-state index in [2.05, 4.69) is 10.00 Å².